The van der Waals surface area contributed by atoms with Gasteiger partial charge < -0.3 is 4.74 Å². The molecule has 0 heterocycles. The van der Waals surface area contributed by atoms with Gasteiger partial charge in [0, 0.05) is 5.75 Å². The van der Waals surface area contributed by atoms with Gasteiger partial charge in [-0.3, -0.25) is 0 Å². The first-order chi connectivity index (χ1) is 4.72. The van der Waals surface area contributed by atoms with Gasteiger partial charge in [-0.15, -0.1) is 0 Å². The summed E-state index contributed by atoms with van der Waals surface area (Å²) in [6.45, 7) is 2.16. The predicted molar refractivity (Wildman–Crippen MR) is 47.5 cm³/mol. The third-order valence-electron chi connectivity index (χ3n) is 0.741. The van der Waals surface area contributed by atoms with Gasteiger partial charge in [0.2, 0.25) is 0 Å². The van der Waals surface area contributed by atoms with E-state index in [9.17, 15) is 4.79 Å². The molecule has 0 amide bonds. The van der Waals surface area contributed by atoms with Crippen molar-refractivity contribution in [1.82, 2.24) is 0 Å². The molecule has 0 bridgehead atoms. The van der Waals surface area contributed by atoms with E-state index in [4.69, 9.17) is 0 Å². The molecule has 0 aromatic rings. The lowest BCUT2D eigenvalue weighted by Crippen LogP contribution is -2.03. The van der Waals surface area contributed by atoms with Crippen LogP contribution in [0.2, 0.25) is 0 Å². The van der Waals surface area contributed by atoms with Crippen molar-refractivity contribution in [3.63, 3.8) is 0 Å². The molecule has 2 nitrogen and oxygen atoms in total. The Labute approximate surface area is 74.2 Å². The van der Waals surface area contributed by atoms with Gasteiger partial charge in [-0.05, 0) is 22.9 Å². The first-order valence-electron chi connectivity index (χ1n) is 2.86. The molecule has 0 saturated carbocycles. The van der Waals surface area contributed by atoms with Crippen LogP contribution in [0.5, 0.6) is 0 Å². The monoisotopic (exact) mass is 224 g/mol. The summed E-state index contributed by atoms with van der Waals surface area (Å²) in [5.41, 5.74) is 0. The molecule has 0 N–H and O–H groups in total. The molecule has 58 valence electrons. The SMILES string of the molecule is CCOC(=O)/C(Br)=C/CS. The van der Waals surface area contributed by atoms with E-state index >= 15 is 0 Å². The number of hydrogen-bond donors (Lipinski definition) is 1. The standard InChI is InChI=1S/C6H9BrO2S/c1-2-9-6(8)5(7)3-4-10/h3,10H,2,4H2,1H3/b5-3-. The van der Waals surface area contributed by atoms with Gasteiger partial charge >= 0.3 is 5.97 Å². The van der Waals surface area contributed by atoms with Crippen LogP contribution in [0, 0.1) is 0 Å². The molecule has 0 unspecified atom stereocenters. The quantitative estimate of drug-likeness (QED) is 0.450. The van der Waals surface area contributed by atoms with E-state index in [2.05, 4.69) is 33.3 Å². The van der Waals surface area contributed by atoms with Crippen LogP contribution in [0.3, 0.4) is 0 Å². The molecule has 0 aliphatic rings. The van der Waals surface area contributed by atoms with Gasteiger partial charge in [0.1, 0.15) is 0 Å². The summed E-state index contributed by atoms with van der Waals surface area (Å²) in [6, 6.07) is 0. The average molecular weight is 225 g/mol. The highest BCUT2D eigenvalue weighted by Gasteiger charge is 2.03. The number of carbonyl (C=O) groups is 1. The molecule has 0 saturated heterocycles. The highest BCUT2D eigenvalue weighted by molar-refractivity contribution is 9.12. The summed E-state index contributed by atoms with van der Waals surface area (Å²) in [4.78, 5) is 10.8. The van der Waals surface area contributed by atoms with Crippen molar-refractivity contribution >= 4 is 34.5 Å². The summed E-state index contributed by atoms with van der Waals surface area (Å²) in [7, 11) is 0. The van der Waals surface area contributed by atoms with Gasteiger partial charge in [-0.2, -0.15) is 12.6 Å². The van der Waals surface area contributed by atoms with E-state index in [0.717, 1.165) is 0 Å². The minimum absolute atomic E-state index is 0.337. The Kier molecular flexibility index (Phi) is 5.82. The van der Waals surface area contributed by atoms with E-state index in [0.29, 0.717) is 16.8 Å². The minimum Gasteiger partial charge on any atom is -0.462 e. The molecule has 10 heavy (non-hydrogen) atoms. The second-order valence-corrected chi connectivity index (χ2v) is 2.67. The van der Waals surface area contributed by atoms with Crippen molar-refractivity contribution in [1.29, 1.82) is 0 Å². The first-order valence-corrected chi connectivity index (χ1v) is 4.28. The van der Waals surface area contributed by atoms with Gasteiger partial charge in [0.15, 0.2) is 0 Å². The Morgan fingerprint density at radius 2 is 2.40 bits per heavy atom. The molecule has 0 radical (unpaired) electrons. The predicted octanol–water partition coefficient (Wildman–Crippen LogP) is 1.76. The van der Waals surface area contributed by atoms with Crippen LogP contribution < -0.4 is 0 Å². The molecule has 0 aromatic carbocycles. The van der Waals surface area contributed by atoms with Crippen LogP contribution in [0.4, 0.5) is 0 Å². The summed E-state index contributed by atoms with van der Waals surface area (Å²) >= 11 is 6.95. The van der Waals surface area contributed by atoms with Crippen molar-refractivity contribution in [2.75, 3.05) is 12.4 Å². The topological polar surface area (TPSA) is 26.3 Å². The number of esters is 1. The Balaban J connectivity index is 3.82. The average Bonchev–Trinajstić information content (AvgIpc) is 1.89. The van der Waals surface area contributed by atoms with Crippen LogP contribution in [-0.2, 0) is 9.53 Å². The molecular formula is C6H9BrO2S. The highest BCUT2D eigenvalue weighted by atomic mass is 79.9. The van der Waals surface area contributed by atoms with Crippen LogP contribution in [0.1, 0.15) is 6.92 Å². The van der Waals surface area contributed by atoms with Gasteiger partial charge in [0.25, 0.3) is 0 Å². The molecule has 0 aromatic heterocycles. The van der Waals surface area contributed by atoms with Crippen LogP contribution in [0.15, 0.2) is 10.6 Å². The van der Waals surface area contributed by atoms with E-state index in [1.165, 1.54) is 0 Å². The number of thiol groups is 1. The second kappa shape index (κ2) is 5.80. The largest absolute Gasteiger partial charge is 0.462 e. The lowest BCUT2D eigenvalue weighted by atomic mass is 10.5. The van der Waals surface area contributed by atoms with Crippen LogP contribution in [-0.4, -0.2) is 18.3 Å². The summed E-state index contributed by atoms with van der Waals surface area (Å²) in [6.07, 6.45) is 1.64. The molecule has 0 aliphatic carbocycles. The summed E-state index contributed by atoms with van der Waals surface area (Å²) in [5, 5.41) is 0. The molecular weight excluding hydrogens is 216 g/mol. The Morgan fingerprint density at radius 1 is 1.80 bits per heavy atom. The van der Waals surface area contributed by atoms with Crippen LogP contribution >= 0.6 is 28.6 Å². The number of halogens is 1. The molecule has 0 aliphatic heterocycles. The number of hydrogen-bond acceptors (Lipinski definition) is 3. The maximum Gasteiger partial charge on any atom is 0.344 e. The van der Waals surface area contributed by atoms with Gasteiger partial charge in [-0.25, -0.2) is 4.79 Å². The van der Waals surface area contributed by atoms with Crippen LogP contribution in [0.25, 0.3) is 0 Å². The molecule has 0 atom stereocenters. The third-order valence-corrected chi connectivity index (χ3v) is 1.57. The lowest BCUT2D eigenvalue weighted by molar-refractivity contribution is -0.137. The van der Waals surface area contributed by atoms with E-state index in [1.807, 2.05) is 0 Å². The zero-order valence-electron chi connectivity index (χ0n) is 5.63. The fraction of sp³-hybridized carbons (Fsp3) is 0.500. The number of ether oxygens (including phenoxy) is 1. The fourth-order valence-electron chi connectivity index (χ4n) is 0.364. The lowest BCUT2D eigenvalue weighted by Gasteiger charge is -1.97. The normalized spacial score (nSPS) is 11.3. The fourth-order valence-corrected chi connectivity index (χ4v) is 1.07. The van der Waals surface area contributed by atoms with Gasteiger partial charge in [-0.1, -0.05) is 6.08 Å². The van der Waals surface area contributed by atoms with Crippen molar-refractivity contribution in [3.05, 3.63) is 10.6 Å². The minimum atomic E-state index is -0.337. The summed E-state index contributed by atoms with van der Waals surface area (Å²) < 4.78 is 5.10. The zero-order valence-corrected chi connectivity index (χ0v) is 8.11. The first kappa shape index (κ1) is 10.0. The number of rotatable bonds is 3. The summed E-state index contributed by atoms with van der Waals surface area (Å²) in [5.74, 6) is 0.191. The Morgan fingerprint density at radius 3 is 2.80 bits per heavy atom. The van der Waals surface area contributed by atoms with E-state index < -0.39 is 0 Å². The van der Waals surface area contributed by atoms with E-state index in [1.54, 1.807) is 13.0 Å². The second-order valence-electron chi connectivity index (χ2n) is 1.46. The number of carbonyl (C=O) groups excluding carboxylic acids is 1. The molecule has 0 fully saturated rings. The van der Waals surface area contributed by atoms with Gasteiger partial charge in [0.05, 0.1) is 11.1 Å². The molecule has 0 rings (SSSR count). The molecule has 0 spiro atoms. The van der Waals surface area contributed by atoms with Crippen molar-refractivity contribution in [2.45, 2.75) is 6.92 Å². The Bertz CT molecular complexity index is 145. The van der Waals surface area contributed by atoms with Crippen molar-refractivity contribution < 1.29 is 9.53 Å². The smallest absolute Gasteiger partial charge is 0.344 e. The highest BCUT2D eigenvalue weighted by Crippen LogP contribution is 2.06. The van der Waals surface area contributed by atoms with E-state index in [-0.39, 0.29) is 5.97 Å². The maximum atomic E-state index is 10.8. The Hall–Kier alpha value is 0.0400. The van der Waals surface area contributed by atoms with Crippen molar-refractivity contribution in [2.24, 2.45) is 0 Å². The zero-order chi connectivity index (χ0) is 7.98. The van der Waals surface area contributed by atoms with Crippen molar-refractivity contribution in [3.8, 4) is 0 Å². The maximum absolute atomic E-state index is 10.8. The molecule has 4 heteroatoms. The third kappa shape index (κ3) is 3.95.